The second-order valence-corrected chi connectivity index (χ2v) is 6.74. The second kappa shape index (κ2) is 7.16. The molecule has 1 saturated carbocycles. The van der Waals surface area contributed by atoms with Crippen molar-refractivity contribution in [1.82, 2.24) is 0 Å². The first-order valence-corrected chi connectivity index (χ1v) is 8.67. The average molecular weight is 316 g/mol. The van der Waals surface area contributed by atoms with Gasteiger partial charge >= 0.3 is 5.97 Å². The maximum Gasteiger partial charge on any atom is 0.303 e. The smallest absolute Gasteiger partial charge is 0.303 e. The molecule has 1 aromatic carbocycles. The third-order valence-corrected chi connectivity index (χ3v) is 4.98. The summed E-state index contributed by atoms with van der Waals surface area (Å²) in [6, 6.07) is 4.06. The lowest BCUT2D eigenvalue weighted by atomic mass is 9.94. The van der Waals surface area contributed by atoms with Crippen LogP contribution in [0.4, 0.5) is 0 Å². The Hall–Kier alpha value is -1.84. The number of carboxylic acid groups (broad SMARTS) is 1. The predicted molar refractivity (Wildman–Crippen MR) is 87.1 cm³/mol. The summed E-state index contributed by atoms with van der Waals surface area (Å²) in [6.07, 6.45) is 8.21. The first-order valence-electron chi connectivity index (χ1n) is 8.67. The fourth-order valence-corrected chi connectivity index (χ4v) is 3.75. The van der Waals surface area contributed by atoms with Crippen molar-refractivity contribution >= 4 is 11.8 Å². The van der Waals surface area contributed by atoms with E-state index in [0.29, 0.717) is 25.4 Å². The Bertz CT molecular complexity index is 600. The summed E-state index contributed by atoms with van der Waals surface area (Å²) >= 11 is 0. The molecule has 1 fully saturated rings. The molecule has 0 spiro atoms. The van der Waals surface area contributed by atoms with E-state index in [1.165, 1.54) is 31.2 Å². The van der Waals surface area contributed by atoms with Crippen molar-refractivity contribution in [3.63, 3.8) is 0 Å². The lowest BCUT2D eigenvalue weighted by Gasteiger charge is -2.16. The zero-order valence-electron chi connectivity index (χ0n) is 13.5. The number of aryl methyl sites for hydroxylation is 1. The number of hydrogen-bond acceptors (Lipinski definition) is 3. The van der Waals surface area contributed by atoms with Gasteiger partial charge in [0.2, 0.25) is 0 Å². The van der Waals surface area contributed by atoms with Crippen LogP contribution in [0.3, 0.4) is 0 Å². The minimum Gasteiger partial charge on any atom is -0.493 e. The third-order valence-electron chi connectivity index (χ3n) is 4.98. The van der Waals surface area contributed by atoms with E-state index < -0.39 is 5.97 Å². The number of fused-ring (bicyclic) bond motifs is 1. The number of carbonyl (C=O) groups excluding carboxylic acids is 1. The van der Waals surface area contributed by atoms with Gasteiger partial charge in [-0.15, -0.1) is 0 Å². The number of Topliss-reactive ketones (excluding diaryl/α,β-unsaturated/α-hetero) is 1. The molecule has 1 aromatic rings. The SMILES string of the molecule is O=C(O)CCCOc1cc2c(cc1CC1CCCC1)CCC2=O. The molecule has 2 aliphatic carbocycles. The number of carbonyl (C=O) groups is 2. The number of carboxylic acids is 1. The van der Waals surface area contributed by atoms with Gasteiger partial charge in [-0.25, -0.2) is 0 Å². The molecule has 0 aromatic heterocycles. The summed E-state index contributed by atoms with van der Waals surface area (Å²) in [5.41, 5.74) is 3.15. The molecule has 0 unspecified atom stereocenters. The quantitative estimate of drug-likeness (QED) is 0.777. The van der Waals surface area contributed by atoms with Crippen LogP contribution in [0.1, 0.15) is 66.4 Å². The molecule has 0 amide bonds. The molecule has 1 N–H and O–H groups in total. The molecule has 3 rings (SSSR count). The van der Waals surface area contributed by atoms with Crippen LogP contribution in [0.15, 0.2) is 12.1 Å². The Morgan fingerprint density at radius 2 is 2.00 bits per heavy atom. The van der Waals surface area contributed by atoms with Gasteiger partial charge < -0.3 is 9.84 Å². The van der Waals surface area contributed by atoms with Crippen LogP contribution < -0.4 is 4.74 Å². The van der Waals surface area contributed by atoms with Crippen molar-refractivity contribution in [2.24, 2.45) is 5.92 Å². The molecule has 0 heterocycles. The fraction of sp³-hybridized carbons (Fsp3) is 0.579. The van der Waals surface area contributed by atoms with Crippen LogP contribution in [0.25, 0.3) is 0 Å². The lowest BCUT2D eigenvalue weighted by molar-refractivity contribution is -0.137. The Morgan fingerprint density at radius 1 is 1.22 bits per heavy atom. The Labute approximate surface area is 136 Å². The molecule has 4 heteroatoms. The zero-order chi connectivity index (χ0) is 16.2. The first-order chi connectivity index (χ1) is 11.1. The summed E-state index contributed by atoms with van der Waals surface area (Å²) in [4.78, 5) is 22.6. The zero-order valence-corrected chi connectivity index (χ0v) is 13.5. The topological polar surface area (TPSA) is 63.6 Å². The molecule has 2 aliphatic rings. The van der Waals surface area contributed by atoms with Gasteiger partial charge in [-0.3, -0.25) is 9.59 Å². The van der Waals surface area contributed by atoms with E-state index in [1.54, 1.807) is 0 Å². The molecule has 0 saturated heterocycles. The molecule has 4 nitrogen and oxygen atoms in total. The van der Waals surface area contributed by atoms with Gasteiger partial charge in [0.05, 0.1) is 6.61 Å². The van der Waals surface area contributed by atoms with Crippen molar-refractivity contribution in [3.05, 3.63) is 28.8 Å². The normalized spacial score (nSPS) is 17.5. The van der Waals surface area contributed by atoms with Crippen molar-refractivity contribution < 1.29 is 19.4 Å². The van der Waals surface area contributed by atoms with Gasteiger partial charge in [-0.05, 0) is 42.4 Å². The highest BCUT2D eigenvalue weighted by Crippen LogP contribution is 2.35. The molecule has 0 atom stereocenters. The summed E-state index contributed by atoms with van der Waals surface area (Å²) < 4.78 is 5.86. The van der Waals surface area contributed by atoms with Crippen molar-refractivity contribution in [2.75, 3.05) is 6.61 Å². The fourth-order valence-electron chi connectivity index (χ4n) is 3.75. The molecular weight excluding hydrogens is 292 g/mol. The number of aliphatic carboxylic acids is 1. The number of rotatable bonds is 7. The first kappa shape index (κ1) is 16.0. The summed E-state index contributed by atoms with van der Waals surface area (Å²) in [5.74, 6) is 0.898. The van der Waals surface area contributed by atoms with E-state index in [4.69, 9.17) is 9.84 Å². The van der Waals surface area contributed by atoms with Crippen LogP contribution >= 0.6 is 0 Å². The van der Waals surface area contributed by atoms with E-state index in [9.17, 15) is 9.59 Å². The molecule has 0 bridgehead atoms. The number of ether oxygens (including phenoxy) is 1. The largest absolute Gasteiger partial charge is 0.493 e. The maximum atomic E-state index is 12.0. The minimum atomic E-state index is -0.802. The van der Waals surface area contributed by atoms with E-state index >= 15 is 0 Å². The van der Waals surface area contributed by atoms with Crippen LogP contribution in [0, 0.1) is 5.92 Å². The van der Waals surface area contributed by atoms with Gasteiger partial charge in [-0.1, -0.05) is 31.7 Å². The summed E-state index contributed by atoms with van der Waals surface area (Å²) in [7, 11) is 0. The van der Waals surface area contributed by atoms with Crippen LogP contribution in [-0.4, -0.2) is 23.5 Å². The Kier molecular flexibility index (Phi) is 4.99. The number of hydrogen-bond donors (Lipinski definition) is 1. The van der Waals surface area contributed by atoms with Gasteiger partial charge in [-0.2, -0.15) is 0 Å². The Morgan fingerprint density at radius 3 is 2.74 bits per heavy atom. The van der Waals surface area contributed by atoms with Gasteiger partial charge in [0.25, 0.3) is 0 Å². The highest BCUT2D eigenvalue weighted by atomic mass is 16.5. The van der Waals surface area contributed by atoms with E-state index in [1.807, 2.05) is 6.07 Å². The number of benzene rings is 1. The lowest BCUT2D eigenvalue weighted by Crippen LogP contribution is -2.07. The maximum absolute atomic E-state index is 12.0. The third kappa shape index (κ3) is 3.92. The molecule has 23 heavy (non-hydrogen) atoms. The van der Waals surface area contributed by atoms with Crippen molar-refractivity contribution in [3.8, 4) is 5.75 Å². The second-order valence-electron chi connectivity index (χ2n) is 6.74. The van der Waals surface area contributed by atoms with Crippen LogP contribution in [0.5, 0.6) is 5.75 Å². The van der Waals surface area contributed by atoms with Crippen molar-refractivity contribution in [1.29, 1.82) is 0 Å². The van der Waals surface area contributed by atoms with Gasteiger partial charge in [0.1, 0.15) is 5.75 Å². The monoisotopic (exact) mass is 316 g/mol. The summed E-state index contributed by atoms with van der Waals surface area (Å²) in [5, 5.41) is 8.72. The van der Waals surface area contributed by atoms with Crippen LogP contribution in [-0.2, 0) is 17.6 Å². The highest BCUT2D eigenvalue weighted by Gasteiger charge is 2.24. The Balaban J connectivity index is 1.74. The summed E-state index contributed by atoms with van der Waals surface area (Å²) in [6.45, 7) is 0.386. The molecule has 0 aliphatic heterocycles. The van der Waals surface area contributed by atoms with Crippen molar-refractivity contribution in [2.45, 2.75) is 57.8 Å². The molecule has 124 valence electrons. The van der Waals surface area contributed by atoms with Crippen LogP contribution in [0.2, 0.25) is 0 Å². The standard InChI is InChI=1S/C19H24O4/c20-17-8-7-14-11-15(10-13-4-1-2-5-13)18(12-16(14)17)23-9-3-6-19(21)22/h11-13H,1-10H2,(H,21,22). The molecular formula is C19H24O4. The van der Waals surface area contributed by atoms with Gasteiger partial charge in [0.15, 0.2) is 5.78 Å². The van der Waals surface area contributed by atoms with Gasteiger partial charge in [0, 0.05) is 18.4 Å². The highest BCUT2D eigenvalue weighted by molar-refractivity contribution is 6.00. The predicted octanol–water partition coefficient (Wildman–Crippen LogP) is 3.79. The van der Waals surface area contributed by atoms with E-state index in [0.717, 1.165) is 29.7 Å². The molecule has 0 radical (unpaired) electrons. The van der Waals surface area contributed by atoms with E-state index in [-0.39, 0.29) is 12.2 Å². The number of ketones is 1. The van der Waals surface area contributed by atoms with E-state index in [2.05, 4.69) is 6.07 Å². The average Bonchev–Trinajstić information content (AvgIpc) is 3.14. The minimum absolute atomic E-state index is 0.113.